The maximum atomic E-state index is 11.6. The standard InChI is InChI=1S/C10H20N2O3/c1-4-8(5-9(13)14)12-10(15)6(2)7(3)11/h6-8H,4-5,11H2,1-3H3,(H,12,15)(H,13,14). The summed E-state index contributed by atoms with van der Waals surface area (Å²) in [6, 6.07) is -0.538. The van der Waals surface area contributed by atoms with Gasteiger partial charge in [-0.2, -0.15) is 0 Å². The van der Waals surface area contributed by atoms with Crippen LogP contribution in [0.15, 0.2) is 0 Å². The number of hydrogen-bond donors (Lipinski definition) is 3. The third kappa shape index (κ3) is 5.37. The quantitative estimate of drug-likeness (QED) is 0.597. The Morgan fingerprint density at radius 3 is 2.27 bits per heavy atom. The van der Waals surface area contributed by atoms with Crippen molar-refractivity contribution in [1.82, 2.24) is 5.32 Å². The number of carbonyl (C=O) groups is 2. The highest BCUT2D eigenvalue weighted by Gasteiger charge is 2.20. The molecule has 0 heterocycles. The summed E-state index contributed by atoms with van der Waals surface area (Å²) in [6.45, 7) is 5.32. The summed E-state index contributed by atoms with van der Waals surface area (Å²) in [7, 11) is 0. The molecule has 0 bridgehead atoms. The molecule has 0 fully saturated rings. The fourth-order valence-corrected chi connectivity index (χ4v) is 1.08. The number of hydrogen-bond acceptors (Lipinski definition) is 3. The second kappa shape index (κ2) is 6.40. The predicted octanol–water partition coefficient (Wildman–Crippen LogP) is 0.339. The van der Waals surface area contributed by atoms with Crippen molar-refractivity contribution in [1.29, 1.82) is 0 Å². The minimum absolute atomic E-state index is 0.0477. The van der Waals surface area contributed by atoms with Crippen LogP contribution in [-0.2, 0) is 9.59 Å². The number of nitrogens with one attached hydrogen (secondary N) is 1. The van der Waals surface area contributed by atoms with E-state index in [9.17, 15) is 9.59 Å². The van der Waals surface area contributed by atoms with E-state index in [1.165, 1.54) is 0 Å². The Hall–Kier alpha value is -1.10. The van der Waals surface area contributed by atoms with E-state index in [1.807, 2.05) is 6.92 Å². The van der Waals surface area contributed by atoms with E-state index >= 15 is 0 Å². The highest BCUT2D eigenvalue weighted by atomic mass is 16.4. The smallest absolute Gasteiger partial charge is 0.305 e. The number of aliphatic carboxylic acids is 1. The van der Waals surface area contributed by atoms with Gasteiger partial charge >= 0.3 is 5.97 Å². The molecule has 0 aliphatic carbocycles. The van der Waals surface area contributed by atoms with Crippen molar-refractivity contribution in [2.24, 2.45) is 11.7 Å². The fourth-order valence-electron chi connectivity index (χ4n) is 1.08. The van der Waals surface area contributed by atoms with E-state index in [-0.39, 0.29) is 30.3 Å². The fraction of sp³-hybridized carbons (Fsp3) is 0.800. The Kier molecular flexibility index (Phi) is 5.93. The van der Waals surface area contributed by atoms with Crippen LogP contribution >= 0.6 is 0 Å². The van der Waals surface area contributed by atoms with E-state index in [0.717, 1.165) is 0 Å². The maximum absolute atomic E-state index is 11.6. The van der Waals surface area contributed by atoms with Gasteiger partial charge in [0.05, 0.1) is 6.42 Å². The van der Waals surface area contributed by atoms with Crippen LogP contribution in [0.5, 0.6) is 0 Å². The first kappa shape index (κ1) is 13.9. The summed E-state index contributed by atoms with van der Waals surface area (Å²) < 4.78 is 0. The van der Waals surface area contributed by atoms with Crippen molar-refractivity contribution in [2.45, 2.75) is 45.7 Å². The molecular formula is C10H20N2O3. The minimum Gasteiger partial charge on any atom is -0.481 e. The molecule has 0 aliphatic heterocycles. The Bertz CT molecular complexity index is 229. The molecule has 0 aromatic heterocycles. The molecule has 0 aliphatic rings. The Labute approximate surface area is 90.0 Å². The van der Waals surface area contributed by atoms with Crippen molar-refractivity contribution in [2.75, 3.05) is 0 Å². The molecule has 0 aromatic rings. The highest BCUT2D eigenvalue weighted by molar-refractivity contribution is 5.80. The van der Waals surface area contributed by atoms with Crippen molar-refractivity contribution in [3.8, 4) is 0 Å². The third-order valence-corrected chi connectivity index (χ3v) is 2.46. The van der Waals surface area contributed by atoms with Crippen molar-refractivity contribution >= 4 is 11.9 Å². The normalized spacial score (nSPS) is 16.5. The summed E-state index contributed by atoms with van der Waals surface area (Å²) in [5.41, 5.74) is 5.58. The van der Waals surface area contributed by atoms with Gasteiger partial charge in [-0.25, -0.2) is 0 Å². The second-order valence-electron chi connectivity index (χ2n) is 3.86. The molecule has 0 saturated carbocycles. The van der Waals surface area contributed by atoms with Gasteiger partial charge in [-0.1, -0.05) is 13.8 Å². The summed E-state index contributed by atoms with van der Waals surface area (Å²) in [6.07, 6.45) is 0.553. The first-order valence-corrected chi connectivity index (χ1v) is 5.16. The molecule has 0 radical (unpaired) electrons. The average Bonchev–Trinajstić information content (AvgIpc) is 2.14. The van der Waals surface area contributed by atoms with Gasteiger partial charge < -0.3 is 16.2 Å². The predicted molar refractivity (Wildman–Crippen MR) is 57.3 cm³/mol. The molecule has 1 amide bonds. The lowest BCUT2D eigenvalue weighted by molar-refractivity contribution is -0.137. The van der Waals surface area contributed by atoms with Crippen LogP contribution in [0.4, 0.5) is 0 Å². The van der Waals surface area contributed by atoms with E-state index in [0.29, 0.717) is 6.42 Å². The Morgan fingerprint density at radius 1 is 1.40 bits per heavy atom. The topological polar surface area (TPSA) is 92.4 Å². The summed E-state index contributed by atoms with van der Waals surface area (Å²) in [4.78, 5) is 22.0. The number of rotatable bonds is 6. The zero-order chi connectivity index (χ0) is 12.0. The monoisotopic (exact) mass is 216 g/mol. The lowest BCUT2D eigenvalue weighted by Crippen LogP contribution is -2.43. The van der Waals surface area contributed by atoms with Crippen LogP contribution in [-0.4, -0.2) is 29.1 Å². The van der Waals surface area contributed by atoms with Crippen LogP contribution < -0.4 is 11.1 Å². The number of carboxylic acid groups (broad SMARTS) is 1. The summed E-state index contributed by atoms with van der Waals surface area (Å²) in [5.74, 6) is -1.39. The third-order valence-electron chi connectivity index (χ3n) is 2.46. The van der Waals surface area contributed by atoms with E-state index in [4.69, 9.17) is 10.8 Å². The van der Waals surface area contributed by atoms with Crippen LogP contribution in [0.3, 0.4) is 0 Å². The van der Waals surface area contributed by atoms with Gasteiger partial charge in [0.25, 0.3) is 0 Å². The molecule has 15 heavy (non-hydrogen) atoms. The van der Waals surface area contributed by atoms with Gasteiger partial charge in [0.15, 0.2) is 0 Å². The van der Waals surface area contributed by atoms with Gasteiger partial charge in [0, 0.05) is 18.0 Å². The molecule has 5 heteroatoms. The van der Waals surface area contributed by atoms with Crippen LogP contribution in [0.2, 0.25) is 0 Å². The highest BCUT2D eigenvalue weighted by Crippen LogP contribution is 2.03. The zero-order valence-electron chi connectivity index (χ0n) is 9.49. The molecule has 0 saturated heterocycles. The second-order valence-corrected chi connectivity index (χ2v) is 3.86. The van der Waals surface area contributed by atoms with Crippen molar-refractivity contribution in [3.63, 3.8) is 0 Å². The maximum Gasteiger partial charge on any atom is 0.305 e. The van der Waals surface area contributed by atoms with Crippen LogP contribution in [0.25, 0.3) is 0 Å². The van der Waals surface area contributed by atoms with Crippen LogP contribution in [0.1, 0.15) is 33.6 Å². The Morgan fingerprint density at radius 2 is 1.93 bits per heavy atom. The first-order chi connectivity index (χ1) is 6.88. The average molecular weight is 216 g/mol. The summed E-state index contributed by atoms with van der Waals surface area (Å²) in [5, 5.41) is 11.3. The molecule has 5 nitrogen and oxygen atoms in total. The number of carboxylic acids is 1. The van der Waals surface area contributed by atoms with E-state index in [2.05, 4.69) is 5.32 Å². The first-order valence-electron chi connectivity index (χ1n) is 5.16. The van der Waals surface area contributed by atoms with Crippen molar-refractivity contribution < 1.29 is 14.7 Å². The van der Waals surface area contributed by atoms with Gasteiger partial charge in [0.1, 0.15) is 0 Å². The molecule has 0 spiro atoms. The van der Waals surface area contributed by atoms with Gasteiger partial charge in [-0.05, 0) is 13.3 Å². The lowest BCUT2D eigenvalue weighted by atomic mass is 10.0. The molecule has 0 aromatic carbocycles. The lowest BCUT2D eigenvalue weighted by Gasteiger charge is -2.20. The molecule has 0 rings (SSSR count). The molecule has 4 N–H and O–H groups in total. The van der Waals surface area contributed by atoms with E-state index in [1.54, 1.807) is 13.8 Å². The van der Waals surface area contributed by atoms with Gasteiger partial charge in [-0.3, -0.25) is 9.59 Å². The molecule has 3 unspecified atom stereocenters. The number of amides is 1. The molecule has 3 atom stereocenters. The number of carbonyl (C=O) groups excluding carboxylic acids is 1. The SMILES string of the molecule is CCC(CC(=O)O)NC(=O)C(C)C(C)N. The summed E-state index contributed by atoms with van der Waals surface area (Å²) >= 11 is 0. The molecular weight excluding hydrogens is 196 g/mol. The van der Waals surface area contributed by atoms with Crippen molar-refractivity contribution in [3.05, 3.63) is 0 Å². The zero-order valence-corrected chi connectivity index (χ0v) is 9.49. The largest absolute Gasteiger partial charge is 0.481 e. The van der Waals surface area contributed by atoms with Gasteiger partial charge in [-0.15, -0.1) is 0 Å². The number of nitrogens with two attached hydrogens (primary N) is 1. The van der Waals surface area contributed by atoms with Crippen LogP contribution in [0, 0.1) is 5.92 Å². The molecule has 88 valence electrons. The minimum atomic E-state index is -0.907. The van der Waals surface area contributed by atoms with Gasteiger partial charge in [0.2, 0.25) is 5.91 Å². The van der Waals surface area contributed by atoms with E-state index < -0.39 is 5.97 Å². The Balaban J connectivity index is 4.18.